The van der Waals surface area contributed by atoms with Crippen LogP contribution in [-0.2, 0) is 0 Å². The third-order valence-corrected chi connectivity index (χ3v) is 3.45. The molecule has 0 bridgehead atoms. The SMILES string of the molecule is C=C/C=c1/c(O)c(C2=Nc3ccccc3C2=O)[nH]/c1=C/C. The van der Waals surface area contributed by atoms with Gasteiger partial charge in [0.25, 0.3) is 0 Å². The third kappa shape index (κ3) is 1.92. The number of carbonyl (C=O) groups is 1. The third-order valence-electron chi connectivity index (χ3n) is 3.45. The van der Waals surface area contributed by atoms with Crippen LogP contribution in [0.15, 0.2) is 41.9 Å². The second kappa shape index (κ2) is 4.90. The molecule has 2 aromatic rings. The van der Waals surface area contributed by atoms with E-state index in [1.807, 2.05) is 19.1 Å². The van der Waals surface area contributed by atoms with Crippen molar-refractivity contribution in [1.29, 1.82) is 0 Å². The molecule has 0 saturated carbocycles. The number of carbonyl (C=O) groups excluding carboxylic acids is 1. The summed E-state index contributed by atoms with van der Waals surface area (Å²) in [5.41, 5.74) is 1.76. The summed E-state index contributed by atoms with van der Waals surface area (Å²) in [6, 6.07) is 7.14. The van der Waals surface area contributed by atoms with E-state index in [4.69, 9.17) is 0 Å². The minimum atomic E-state index is -0.185. The molecule has 4 nitrogen and oxygen atoms in total. The minimum absolute atomic E-state index is 0.0166. The Labute approximate surface area is 121 Å². The Kier molecular flexibility index (Phi) is 3.06. The molecule has 2 heterocycles. The summed E-state index contributed by atoms with van der Waals surface area (Å²) >= 11 is 0. The minimum Gasteiger partial charge on any atom is -0.505 e. The number of hydrogen-bond acceptors (Lipinski definition) is 3. The lowest BCUT2D eigenvalue weighted by atomic mass is 10.1. The summed E-state index contributed by atoms with van der Waals surface area (Å²) in [6.45, 7) is 5.48. The van der Waals surface area contributed by atoms with Crippen LogP contribution >= 0.6 is 0 Å². The fraction of sp³-hybridized carbons (Fsp3) is 0.0588. The van der Waals surface area contributed by atoms with Crippen molar-refractivity contribution in [3.8, 4) is 5.75 Å². The Morgan fingerprint density at radius 3 is 2.76 bits per heavy atom. The van der Waals surface area contributed by atoms with Gasteiger partial charge in [-0.1, -0.05) is 30.9 Å². The van der Waals surface area contributed by atoms with Crippen molar-refractivity contribution in [3.05, 3.63) is 58.7 Å². The normalized spacial score (nSPS) is 15.3. The number of nitrogens with zero attached hydrogens (tertiary/aromatic N) is 1. The highest BCUT2D eigenvalue weighted by atomic mass is 16.3. The molecule has 0 atom stereocenters. The van der Waals surface area contributed by atoms with Crippen molar-refractivity contribution in [2.24, 2.45) is 4.99 Å². The second-order valence-electron chi connectivity index (χ2n) is 4.67. The number of ketones is 1. The number of benzene rings is 1. The van der Waals surface area contributed by atoms with Crippen LogP contribution in [0.2, 0.25) is 0 Å². The molecule has 1 aromatic heterocycles. The lowest BCUT2D eigenvalue weighted by Crippen LogP contribution is -2.21. The average Bonchev–Trinajstić information content (AvgIpc) is 2.99. The van der Waals surface area contributed by atoms with Crippen LogP contribution in [0, 0.1) is 0 Å². The molecule has 1 aromatic carbocycles. The zero-order valence-corrected chi connectivity index (χ0v) is 11.6. The number of nitrogens with one attached hydrogen (secondary N) is 1. The molecule has 4 heteroatoms. The highest BCUT2D eigenvalue weighted by molar-refractivity contribution is 6.54. The van der Waals surface area contributed by atoms with Gasteiger partial charge in [0.2, 0.25) is 5.78 Å². The Balaban J connectivity index is 2.24. The number of aromatic amines is 1. The number of allylic oxidation sites excluding steroid dienone is 1. The van der Waals surface area contributed by atoms with Gasteiger partial charge in [0.05, 0.1) is 5.69 Å². The molecule has 1 aliphatic rings. The molecule has 3 rings (SSSR count). The van der Waals surface area contributed by atoms with Crippen molar-refractivity contribution in [1.82, 2.24) is 4.98 Å². The number of aromatic nitrogens is 1. The van der Waals surface area contributed by atoms with Crippen molar-refractivity contribution in [2.45, 2.75) is 6.92 Å². The Bertz CT molecular complexity index is 901. The number of rotatable bonds is 2. The Morgan fingerprint density at radius 1 is 1.33 bits per heavy atom. The van der Waals surface area contributed by atoms with E-state index in [2.05, 4.69) is 16.6 Å². The van der Waals surface area contributed by atoms with Gasteiger partial charge in [0.1, 0.15) is 11.4 Å². The molecular formula is C17H14N2O2. The van der Waals surface area contributed by atoms with Crippen LogP contribution < -0.4 is 10.6 Å². The predicted octanol–water partition coefficient (Wildman–Crippen LogP) is 1.80. The van der Waals surface area contributed by atoms with Gasteiger partial charge in [0.15, 0.2) is 5.75 Å². The first-order chi connectivity index (χ1) is 10.2. The maximum atomic E-state index is 12.4. The van der Waals surface area contributed by atoms with Crippen molar-refractivity contribution < 1.29 is 9.90 Å². The van der Waals surface area contributed by atoms with Crippen LogP contribution in [0.4, 0.5) is 5.69 Å². The molecule has 0 fully saturated rings. The summed E-state index contributed by atoms with van der Waals surface area (Å²) in [4.78, 5) is 19.8. The van der Waals surface area contributed by atoms with Crippen LogP contribution in [0.5, 0.6) is 5.75 Å². The van der Waals surface area contributed by atoms with Crippen LogP contribution in [0.25, 0.3) is 12.2 Å². The highest BCUT2D eigenvalue weighted by Crippen LogP contribution is 2.29. The number of fused-ring (bicyclic) bond motifs is 1. The number of H-pyrrole nitrogens is 1. The van der Waals surface area contributed by atoms with Gasteiger partial charge in [-0.2, -0.15) is 0 Å². The Hall–Kier alpha value is -2.88. The summed E-state index contributed by atoms with van der Waals surface area (Å²) in [5, 5.41) is 11.7. The maximum Gasteiger partial charge on any atom is 0.215 e. The number of hydrogen-bond donors (Lipinski definition) is 2. The topological polar surface area (TPSA) is 65.5 Å². The summed E-state index contributed by atoms with van der Waals surface area (Å²) < 4.78 is 0. The summed E-state index contributed by atoms with van der Waals surface area (Å²) in [7, 11) is 0. The smallest absolute Gasteiger partial charge is 0.215 e. The Morgan fingerprint density at radius 2 is 2.10 bits per heavy atom. The predicted molar refractivity (Wildman–Crippen MR) is 83.5 cm³/mol. The largest absolute Gasteiger partial charge is 0.505 e. The second-order valence-corrected chi connectivity index (χ2v) is 4.67. The zero-order valence-electron chi connectivity index (χ0n) is 11.6. The van der Waals surface area contributed by atoms with Crippen LogP contribution in [-0.4, -0.2) is 21.6 Å². The number of aliphatic imine (C=N–C) groups is 1. The summed E-state index contributed by atoms with van der Waals surface area (Å²) in [6.07, 6.45) is 5.11. The first-order valence-corrected chi connectivity index (χ1v) is 6.60. The fourth-order valence-corrected chi connectivity index (χ4v) is 2.44. The fourth-order valence-electron chi connectivity index (χ4n) is 2.44. The molecule has 0 aliphatic carbocycles. The quantitative estimate of drug-likeness (QED) is 0.879. The van der Waals surface area contributed by atoms with E-state index in [0.717, 1.165) is 5.35 Å². The van der Waals surface area contributed by atoms with Gasteiger partial charge < -0.3 is 10.1 Å². The lowest BCUT2D eigenvalue weighted by molar-refractivity contribution is 0.106. The molecule has 0 amide bonds. The molecule has 0 spiro atoms. The van der Waals surface area contributed by atoms with Gasteiger partial charge >= 0.3 is 0 Å². The van der Waals surface area contributed by atoms with Crippen LogP contribution in [0.3, 0.4) is 0 Å². The van der Waals surface area contributed by atoms with E-state index in [0.29, 0.717) is 22.2 Å². The first-order valence-electron chi connectivity index (χ1n) is 6.60. The van der Waals surface area contributed by atoms with E-state index in [1.165, 1.54) is 0 Å². The van der Waals surface area contributed by atoms with E-state index >= 15 is 0 Å². The zero-order chi connectivity index (χ0) is 15.0. The molecule has 21 heavy (non-hydrogen) atoms. The summed E-state index contributed by atoms with van der Waals surface area (Å²) in [5.74, 6) is -0.169. The van der Waals surface area contributed by atoms with Crippen molar-refractivity contribution >= 4 is 29.3 Å². The van der Waals surface area contributed by atoms with Gasteiger partial charge in [-0.3, -0.25) is 4.79 Å². The molecular weight excluding hydrogens is 264 g/mol. The highest BCUT2D eigenvalue weighted by Gasteiger charge is 2.28. The molecule has 2 N–H and O–H groups in total. The molecule has 104 valence electrons. The standard InChI is InChI=1S/C17H14N2O2/c1-3-7-10-12(4-2)18-14(16(10)20)15-17(21)11-8-5-6-9-13(11)19-15/h3-9,18,20H,1H2,2H3/b10-7+,12-4+. The van der Waals surface area contributed by atoms with Crippen molar-refractivity contribution in [3.63, 3.8) is 0 Å². The van der Waals surface area contributed by atoms with E-state index < -0.39 is 0 Å². The van der Waals surface area contributed by atoms with Crippen LogP contribution in [0.1, 0.15) is 23.0 Å². The number of Topliss-reactive ketones (excluding diaryl/α,β-unsaturated/α-hetero) is 1. The van der Waals surface area contributed by atoms with E-state index in [9.17, 15) is 9.90 Å². The molecule has 0 unspecified atom stereocenters. The van der Waals surface area contributed by atoms with Crippen molar-refractivity contribution in [2.75, 3.05) is 0 Å². The molecule has 0 radical (unpaired) electrons. The maximum absolute atomic E-state index is 12.4. The van der Waals surface area contributed by atoms with Gasteiger partial charge in [-0.15, -0.1) is 0 Å². The van der Waals surface area contributed by atoms with Gasteiger partial charge in [-0.05, 0) is 25.1 Å². The first kappa shape index (κ1) is 13.1. The molecule has 0 saturated heterocycles. The lowest BCUT2D eigenvalue weighted by Gasteiger charge is -1.96. The average molecular weight is 278 g/mol. The van der Waals surface area contributed by atoms with E-state index in [1.54, 1.807) is 30.4 Å². The number of para-hydroxylation sites is 1. The molecule has 1 aliphatic heterocycles. The van der Waals surface area contributed by atoms with Gasteiger partial charge in [0, 0.05) is 16.1 Å². The van der Waals surface area contributed by atoms with Gasteiger partial charge in [-0.25, -0.2) is 4.99 Å². The number of aromatic hydroxyl groups is 1. The van der Waals surface area contributed by atoms with E-state index in [-0.39, 0.29) is 17.2 Å². The monoisotopic (exact) mass is 278 g/mol.